The molecule has 3 saturated heterocycles. The van der Waals surface area contributed by atoms with Crippen LogP contribution < -0.4 is 5.32 Å². The van der Waals surface area contributed by atoms with Crippen LogP contribution in [0.25, 0.3) is 0 Å². The third-order valence-electron chi connectivity index (χ3n) is 17.2. The Kier molecular flexibility index (Phi) is 23.8. The van der Waals surface area contributed by atoms with Gasteiger partial charge in [-0.05, 0) is 78.0 Å². The number of halogens is 1. The van der Waals surface area contributed by atoms with Crippen molar-refractivity contribution in [1.29, 1.82) is 0 Å². The summed E-state index contributed by atoms with van der Waals surface area (Å²) in [6.07, 6.45) is -9.30. The molecule has 1 amide bonds. The van der Waals surface area contributed by atoms with E-state index in [0.29, 0.717) is 29.8 Å². The van der Waals surface area contributed by atoms with E-state index < -0.39 is 144 Å². The molecule has 6 N–H and O–H groups in total. The Hall–Kier alpha value is -3.49. The summed E-state index contributed by atoms with van der Waals surface area (Å²) in [6, 6.07) is 5.55. The molecule has 3 fully saturated rings. The van der Waals surface area contributed by atoms with Gasteiger partial charge in [0.05, 0.1) is 71.7 Å². The molecule has 5 rings (SSSR count). The van der Waals surface area contributed by atoms with E-state index in [2.05, 4.69) is 15.6 Å². The number of alkyl halides is 1. The molecule has 21 atom stereocenters. The second-order valence-corrected chi connectivity index (χ2v) is 22.9. The number of aliphatic hydroxyl groups is 5. The summed E-state index contributed by atoms with van der Waals surface area (Å²) in [5.41, 5.74) is -1.92. The van der Waals surface area contributed by atoms with Gasteiger partial charge < -0.3 is 83.3 Å². The average molecular weight is 1110 g/mol. The highest BCUT2D eigenvalue weighted by atomic mass is 19.1. The quantitative estimate of drug-likeness (QED) is 0.0462. The fourth-order valence-electron chi connectivity index (χ4n) is 12.4. The first kappa shape index (κ1) is 65.3. The third kappa shape index (κ3) is 14.9. The Morgan fingerprint density at radius 1 is 0.962 bits per heavy atom. The number of oxime groups is 2. The van der Waals surface area contributed by atoms with Crippen LogP contribution in [0.4, 0.5) is 4.39 Å². The normalized spacial score (nSPS) is 39.6. The Balaban J connectivity index is 1.47. The molecule has 78 heavy (non-hydrogen) atoms. The number of nitrogens with zero attached hydrogens (tertiary/aromatic N) is 3. The molecule has 1 aromatic carbocycles. The van der Waals surface area contributed by atoms with Crippen molar-refractivity contribution in [3.05, 3.63) is 35.4 Å². The maximum absolute atomic E-state index is 14.8. The number of amides is 1. The van der Waals surface area contributed by atoms with Gasteiger partial charge >= 0.3 is 5.97 Å². The zero-order chi connectivity index (χ0) is 58.0. The Morgan fingerprint density at radius 2 is 1.63 bits per heavy atom. The van der Waals surface area contributed by atoms with E-state index in [-0.39, 0.29) is 45.6 Å². The summed E-state index contributed by atoms with van der Waals surface area (Å²) < 4.78 is 64.7. The van der Waals surface area contributed by atoms with Crippen LogP contribution in [0, 0.1) is 29.6 Å². The van der Waals surface area contributed by atoms with Crippen LogP contribution in [-0.4, -0.2) is 206 Å². The van der Waals surface area contributed by atoms with Crippen molar-refractivity contribution in [2.75, 3.05) is 62.1 Å². The fourth-order valence-corrected chi connectivity index (χ4v) is 12.4. The van der Waals surface area contributed by atoms with Crippen molar-refractivity contribution in [1.82, 2.24) is 10.2 Å². The monoisotopic (exact) mass is 1110 g/mol. The number of carbonyl (C=O) groups excluding carboxylic acids is 2. The summed E-state index contributed by atoms with van der Waals surface area (Å²) in [7, 11) is 7.72. The number of rotatable bonds is 20. The summed E-state index contributed by atoms with van der Waals surface area (Å²) in [5, 5.41) is 68.8. The minimum Gasteiger partial charge on any atom is -0.459 e. The van der Waals surface area contributed by atoms with Gasteiger partial charge in [0.15, 0.2) is 12.4 Å². The van der Waals surface area contributed by atoms with E-state index in [1.165, 1.54) is 35.4 Å². The number of nitrogens with one attached hydrogen (secondary N) is 1. The number of benzene rings is 1. The molecule has 21 nitrogen and oxygen atoms in total. The van der Waals surface area contributed by atoms with Crippen molar-refractivity contribution in [3.8, 4) is 0 Å². The molecule has 1 aromatic rings. The van der Waals surface area contributed by atoms with E-state index in [1.54, 1.807) is 53.8 Å². The highest BCUT2D eigenvalue weighted by Gasteiger charge is 2.56. The zero-order valence-corrected chi connectivity index (χ0v) is 48.6. The first-order valence-electron chi connectivity index (χ1n) is 27.5. The van der Waals surface area contributed by atoms with Gasteiger partial charge in [-0.1, -0.05) is 69.2 Å². The van der Waals surface area contributed by atoms with Crippen molar-refractivity contribution in [2.45, 2.75) is 204 Å². The first-order chi connectivity index (χ1) is 36.8. The standard InChI is InChI=1S/C56H93FN4O17/c1-16-43-56(10,68)49(65)34(6)46(60-73-29-69-12)30(2)25-55(9,72-15)51(32(4)45(33(5)52(67)76-43)42-26-54(8,71-14)50(66)35(7)75-42)77-53-47(64)41(23-31(3)74-53)61(11)22-21-44(63)58-40(27-57)48(70-13)37-19-17-36(18-20-37)39-24-38(28-62)78-59-39/h17-20,30-35,38,40-43,45,47-51,53,62,64-66,68H,16,21-29H2,1-15H3,(H,58,63)/b60-46-/t30-,31-,32+,33-,34+,35+,38+,40-,41+,42-,43-,45?,47-,48-,49-,50+,51-,53+,54-,55-,56-/m1/s1. The second kappa shape index (κ2) is 28.5. The molecule has 22 heteroatoms. The summed E-state index contributed by atoms with van der Waals surface area (Å²) in [6.45, 7) is 16.5. The van der Waals surface area contributed by atoms with Crippen molar-refractivity contribution in [3.63, 3.8) is 0 Å². The lowest BCUT2D eigenvalue weighted by molar-refractivity contribution is -0.305. The van der Waals surface area contributed by atoms with Gasteiger partial charge in [0.25, 0.3) is 0 Å². The van der Waals surface area contributed by atoms with Crippen molar-refractivity contribution >= 4 is 23.3 Å². The number of ether oxygens (including phenoxy) is 8. The molecular formula is C56H93FN4O17. The maximum Gasteiger partial charge on any atom is 0.309 e. The lowest BCUT2D eigenvalue weighted by Gasteiger charge is -2.52. The third-order valence-corrected chi connectivity index (χ3v) is 17.2. The summed E-state index contributed by atoms with van der Waals surface area (Å²) >= 11 is 0. The Morgan fingerprint density at radius 3 is 2.21 bits per heavy atom. The predicted octanol–water partition coefficient (Wildman–Crippen LogP) is 4.21. The zero-order valence-electron chi connectivity index (χ0n) is 48.6. The highest BCUT2D eigenvalue weighted by Crippen LogP contribution is 2.46. The van der Waals surface area contributed by atoms with E-state index in [4.69, 9.17) is 47.6 Å². The van der Waals surface area contributed by atoms with Gasteiger partial charge in [-0.15, -0.1) is 0 Å². The van der Waals surface area contributed by atoms with Gasteiger partial charge in [0.1, 0.15) is 36.7 Å². The van der Waals surface area contributed by atoms with Crippen molar-refractivity contribution in [2.24, 2.45) is 39.9 Å². The minimum atomic E-state index is -1.97. The number of carbonyl (C=O) groups is 2. The van der Waals surface area contributed by atoms with E-state index >= 15 is 0 Å². The van der Waals surface area contributed by atoms with Crippen LogP contribution >= 0.6 is 0 Å². The number of likely N-dealkylation sites (N-methyl/N-ethyl adjacent to an activating group) is 1. The molecule has 4 aliphatic heterocycles. The molecule has 0 aliphatic carbocycles. The molecule has 4 aliphatic rings. The SMILES string of the molecule is CC[C@H]1OC(=O)[C@H](C)C([C@H]2C[C@@](C)(OC)[C@@H](O)[C@H](C)O2)[C@H](C)[C@@H](O[C@@H]2O[C@H](C)C[C@H](N(C)CCC(=O)N[C@H](CF)[C@H](OC)c3ccc(C4=NO[C@H](CO)C4)cc3)[C@H]2O)[C@](C)(OC)C[C@@H](C)/C(=N/OCOC)[C@H](C)[C@@H](O)[C@]1(C)O. The number of aliphatic hydroxyl groups excluding tert-OH is 4. The van der Waals surface area contributed by atoms with Crippen LogP contribution in [0.15, 0.2) is 34.6 Å². The Labute approximate surface area is 460 Å². The van der Waals surface area contributed by atoms with E-state index in [1.807, 2.05) is 44.7 Å². The van der Waals surface area contributed by atoms with Gasteiger partial charge in [-0.3, -0.25) is 9.59 Å². The van der Waals surface area contributed by atoms with Gasteiger partial charge in [-0.2, -0.15) is 0 Å². The summed E-state index contributed by atoms with van der Waals surface area (Å²) in [5.74, 6) is -4.95. The average Bonchev–Trinajstić information content (AvgIpc) is 3.93. The predicted molar refractivity (Wildman–Crippen MR) is 286 cm³/mol. The second-order valence-electron chi connectivity index (χ2n) is 22.9. The molecule has 0 saturated carbocycles. The number of hydrogen-bond acceptors (Lipinski definition) is 20. The largest absolute Gasteiger partial charge is 0.459 e. The van der Waals surface area contributed by atoms with Gasteiger partial charge in [0.2, 0.25) is 12.7 Å². The molecule has 1 unspecified atom stereocenters. The lowest BCUT2D eigenvalue weighted by atomic mass is 9.67. The van der Waals surface area contributed by atoms with E-state index in [0.717, 1.165) is 5.56 Å². The summed E-state index contributed by atoms with van der Waals surface area (Å²) in [4.78, 5) is 41.1. The maximum atomic E-state index is 14.8. The topological polar surface area (TPSA) is 268 Å². The number of hydrogen-bond donors (Lipinski definition) is 6. The van der Waals surface area contributed by atoms with Crippen LogP contribution in [-0.2, 0) is 57.2 Å². The number of methoxy groups -OCH3 is 4. The van der Waals surface area contributed by atoms with Crippen LogP contribution in [0.5, 0.6) is 0 Å². The fraction of sp³-hybridized carbons (Fsp3) is 0.821. The molecule has 0 aromatic heterocycles. The van der Waals surface area contributed by atoms with Crippen LogP contribution in [0.3, 0.4) is 0 Å². The first-order valence-corrected chi connectivity index (χ1v) is 27.5. The van der Waals surface area contributed by atoms with Crippen LogP contribution in [0.2, 0.25) is 0 Å². The molecule has 4 heterocycles. The van der Waals surface area contributed by atoms with Crippen molar-refractivity contribution < 1.29 is 87.1 Å². The number of esters is 1. The molecule has 0 bridgehead atoms. The smallest absolute Gasteiger partial charge is 0.309 e. The number of cyclic esters (lactones) is 1. The van der Waals surface area contributed by atoms with Gasteiger partial charge in [-0.25, -0.2) is 4.39 Å². The molecular weight excluding hydrogens is 1020 g/mol. The lowest BCUT2D eigenvalue weighted by Crippen LogP contribution is -2.62. The Bertz CT molecular complexity index is 2130. The van der Waals surface area contributed by atoms with E-state index in [9.17, 15) is 39.5 Å². The van der Waals surface area contributed by atoms with Gasteiger partial charge in [0, 0.05) is 78.0 Å². The molecule has 0 spiro atoms. The minimum absolute atomic E-state index is 0.0541. The molecule has 446 valence electrons. The highest BCUT2D eigenvalue weighted by molar-refractivity contribution is 6.01. The van der Waals surface area contributed by atoms with Crippen LogP contribution in [0.1, 0.15) is 125 Å². The molecule has 0 radical (unpaired) electrons.